The number of methoxy groups -OCH3 is 1. The van der Waals surface area contributed by atoms with Gasteiger partial charge in [-0.25, -0.2) is 8.42 Å². The molecule has 2 bridgehead atoms. The van der Waals surface area contributed by atoms with Gasteiger partial charge in [0.05, 0.1) is 19.1 Å². The summed E-state index contributed by atoms with van der Waals surface area (Å²) >= 11 is 0. The summed E-state index contributed by atoms with van der Waals surface area (Å²) in [6, 6.07) is 9.23. The fraction of sp³-hybridized carbons (Fsp3) is 0.500. The summed E-state index contributed by atoms with van der Waals surface area (Å²) < 4.78 is 32.6. The van der Waals surface area contributed by atoms with Crippen LogP contribution in [0.3, 0.4) is 0 Å². The molecule has 2 fully saturated rings. The third-order valence-electron chi connectivity index (χ3n) is 5.86. The maximum atomic E-state index is 12.9. The first kappa shape index (κ1) is 19.9. The number of aryl methyl sites for hydroxylation is 1. The lowest BCUT2D eigenvalue weighted by molar-refractivity contribution is 0.0900. The lowest BCUT2D eigenvalue weighted by atomic mass is 9.99. The molecule has 2 aliphatic rings. The first-order valence-electron chi connectivity index (χ1n) is 9.74. The maximum Gasteiger partial charge on any atom is 0.269 e. The highest BCUT2D eigenvalue weighted by molar-refractivity contribution is 7.88. The highest BCUT2D eigenvalue weighted by Crippen LogP contribution is 2.37. The number of sulfonamides is 1. The fourth-order valence-corrected chi connectivity index (χ4v) is 6.12. The van der Waals surface area contributed by atoms with Gasteiger partial charge in [0.15, 0.2) is 0 Å². The largest absolute Gasteiger partial charge is 0.497 e. The Labute approximate surface area is 170 Å². The minimum absolute atomic E-state index is 0.0204. The number of piperidine rings is 1. The molecule has 8 nitrogen and oxygen atoms in total. The molecule has 1 aromatic carbocycles. The van der Waals surface area contributed by atoms with Crippen LogP contribution < -0.4 is 10.1 Å². The predicted octanol–water partition coefficient (Wildman–Crippen LogP) is 1.78. The Hall–Kier alpha value is -2.39. The van der Waals surface area contributed by atoms with E-state index >= 15 is 0 Å². The highest BCUT2D eigenvalue weighted by atomic mass is 32.2. The van der Waals surface area contributed by atoms with E-state index in [-0.39, 0.29) is 24.0 Å². The van der Waals surface area contributed by atoms with Crippen LogP contribution in [0.5, 0.6) is 5.75 Å². The molecule has 4 rings (SSSR count). The van der Waals surface area contributed by atoms with Crippen molar-refractivity contribution in [3.8, 4) is 17.0 Å². The highest BCUT2D eigenvalue weighted by Gasteiger charge is 2.45. The quantitative estimate of drug-likeness (QED) is 0.799. The lowest BCUT2D eigenvalue weighted by Crippen LogP contribution is -2.52. The van der Waals surface area contributed by atoms with Crippen LogP contribution in [-0.4, -0.2) is 59.9 Å². The van der Waals surface area contributed by atoms with Crippen molar-refractivity contribution in [2.45, 2.75) is 43.8 Å². The minimum Gasteiger partial charge on any atom is -0.497 e. The molecule has 2 atom stereocenters. The molecule has 1 N–H and O–H groups in total. The number of rotatable bonds is 5. The molecule has 9 heteroatoms. The van der Waals surface area contributed by atoms with Crippen molar-refractivity contribution in [3.05, 3.63) is 36.0 Å². The normalized spacial score (nSPS) is 24.4. The predicted molar refractivity (Wildman–Crippen MR) is 109 cm³/mol. The smallest absolute Gasteiger partial charge is 0.269 e. The van der Waals surface area contributed by atoms with Gasteiger partial charge in [0.25, 0.3) is 5.91 Å². The maximum absolute atomic E-state index is 12.9. The van der Waals surface area contributed by atoms with Crippen LogP contribution in [0.15, 0.2) is 30.3 Å². The number of fused-ring (bicyclic) bond motifs is 2. The minimum atomic E-state index is -3.21. The second kappa shape index (κ2) is 7.46. The molecule has 0 aliphatic carbocycles. The zero-order chi connectivity index (χ0) is 20.8. The van der Waals surface area contributed by atoms with Gasteiger partial charge in [0, 0.05) is 30.7 Å². The molecule has 1 aromatic heterocycles. The zero-order valence-electron chi connectivity index (χ0n) is 16.8. The topological polar surface area (TPSA) is 93.5 Å². The van der Waals surface area contributed by atoms with Gasteiger partial charge in [-0.15, -0.1) is 0 Å². The van der Waals surface area contributed by atoms with Crippen LogP contribution in [-0.2, 0) is 17.1 Å². The average Bonchev–Trinajstić information content (AvgIpc) is 3.20. The number of carbonyl (C=O) groups is 1. The number of nitrogens with zero attached hydrogens (tertiary/aromatic N) is 3. The van der Waals surface area contributed by atoms with E-state index in [1.807, 2.05) is 24.3 Å². The summed E-state index contributed by atoms with van der Waals surface area (Å²) in [7, 11) is 0.145. The van der Waals surface area contributed by atoms with Crippen LogP contribution in [0.1, 0.15) is 36.2 Å². The number of benzene rings is 1. The Morgan fingerprint density at radius 2 is 1.90 bits per heavy atom. The second-order valence-corrected chi connectivity index (χ2v) is 9.78. The van der Waals surface area contributed by atoms with Gasteiger partial charge < -0.3 is 10.1 Å². The monoisotopic (exact) mass is 418 g/mol. The number of carbonyl (C=O) groups excluding carboxylic acids is 1. The molecular weight excluding hydrogens is 392 g/mol. The number of aromatic nitrogens is 2. The molecule has 3 heterocycles. The van der Waals surface area contributed by atoms with E-state index in [2.05, 4.69) is 10.4 Å². The molecule has 0 spiro atoms. The molecular formula is C20H26N4O4S. The summed E-state index contributed by atoms with van der Waals surface area (Å²) in [5.41, 5.74) is 2.04. The Morgan fingerprint density at radius 1 is 1.21 bits per heavy atom. The van der Waals surface area contributed by atoms with Crippen LogP contribution in [0.25, 0.3) is 11.3 Å². The Balaban J connectivity index is 1.48. The van der Waals surface area contributed by atoms with E-state index in [1.165, 1.54) is 6.26 Å². The van der Waals surface area contributed by atoms with Crippen LogP contribution in [0.2, 0.25) is 0 Å². The van der Waals surface area contributed by atoms with Crippen molar-refractivity contribution in [2.24, 2.45) is 7.05 Å². The molecule has 156 valence electrons. The van der Waals surface area contributed by atoms with Gasteiger partial charge in [-0.3, -0.25) is 9.48 Å². The molecule has 0 saturated carbocycles. The average molecular weight is 419 g/mol. The molecule has 2 aliphatic heterocycles. The van der Waals surface area contributed by atoms with Crippen molar-refractivity contribution >= 4 is 15.9 Å². The van der Waals surface area contributed by atoms with E-state index in [0.29, 0.717) is 24.2 Å². The Morgan fingerprint density at radius 3 is 2.52 bits per heavy atom. The third-order valence-corrected chi connectivity index (χ3v) is 7.22. The van der Waals surface area contributed by atoms with Gasteiger partial charge in [-0.1, -0.05) is 12.1 Å². The van der Waals surface area contributed by atoms with Gasteiger partial charge >= 0.3 is 0 Å². The first-order chi connectivity index (χ1) is 13.8. The van der Waals surface area contributed by atoms with Crippen LogP contribution >= 0.6 is 0 Å². The third kappa shape index (κ3) is 3.89. The van der Waals surface area contributed by atoms with Crippen LogP contribution in [0.4, 0.5) is 0 Å². The molecule has 2 unspecified atom stereocenters. The molecule has 2 saturated heterocycles. The van der Waals surface area contributed by atoms with E-state index in [1.54, 1.807) is 29.2 Å². The second-order valence-electron chi connectivity index (χ2n) is 7.89. The van der Waals surface area contributed by atoms with Crippen LogP contribution in [0, 0.1) is 0 Å². The van der Waals surface area contributed by atoms with Gasteiger partial charge in [-0.05, 0) is 43.9 Å². The van der Waals surface area contributed by atoms with E-state index in [4.69, 9.17) is 4.74 Å². The van der Waals surface area contributed by atoms with Crippen molar-refractivity contribution in [3.63, 3.8) is 0 Å². The number of hydrogen-bond acceptors (Lipinski definition) is 5. The molecule has 2 aromatic rings. The van der Waals surface area contributed by atoms with Crippen molar-refractivity contribution in [1.82, 2.24) is 19.4 Å². The van der Waals surface area contributed by atoms with Gasteiger partial charge in [0.2, 0.25) is 10.0 Å². The lowest BCUT2D eigenvalue weighted by Gasteiger charge is -2.37. The summed E-state index contributed by atoms with van der Waals surface area (Å²) in [6.45, 7) is 0. The van der Waals surface area contributed by atoms with Crippen molar-refractivity contribution in [2.75, 3.05) is 13.4 Å². The van der Waals surface area contributed by atoms with Crippen molar-refractivity contribution in [1.29, 1.82) is 0 Å². The Bertz CT molecular complexity index is 1020. The molecule has 1 amide bonds. The summed E-state index contributed by atoms with van der Waals surface area (Å²) in [4.78, 5) is 12.9. The molecule has 29 heavy (non-hydrogen) atoms. The van der Waals surface area contributed by atoms with E-state index in [9.17, 15) is 13.2 Å². The fourth-order valence-electron chi connectivity index (χ4n) is 4.66. The molecule has 0 radical (unpaired) electrons. The zero-order valence-corrected chi connectivity index (χ0v) is 17.6. The number of hydrogen-bond donors (Lipinski definition) is 1. The van der Waals surface area contributed by atoms with E-state index in [0.717, 1.165) is 24.2 Å². The number of nitrogens with one attached hydrogen (secondary N) is 1. The summed E-state index contributed by atoms with van der Waals surface area (Å²) in [5, 5.41) is 7.56. The Kier molecular flexibility index (Phi) is 5.12. The SMILES string of the molecule is COc1cccc(-c2cc(C(=O)NC3CC4CCC(C3)N4S(C)(=O)=O)n(C)n2)c1. The number of ether oxygens (including phenoxy) is 1. The summed E-state index contributed by atoms with van der Waals surface area (Å²) in [6.07, 6.45) is 4.28. The number of amides is 1. The first-order valence-corrected chi connectivity index (χ1v) is 11.6. The van der Waals surface area contributed by atoms with Gasteiger partial charge in [0.1, 0.15) is 11.4 Å². The standard InChI is InChI=1S/C20H26N4O4S/c1-23-19(12-18(22-23)13-5-4-6-17(9-13)28-2)20(25)21-14-10-15-7-8-16(11-14)24(15)29(3,26)27/h4-6,9,12,14-16H,7-8,10-11H2,1-3H3,(H,21,25). The van der Waals surface area contributed by atoms with E-state index < -0.39 is 10.0 Å². The van der Waals surface area contributed by atoms with Gasteiger partial charge in [-0.2, -0.15) is 9.40 Å². The van der Waals surface area contributed by atoms with Crippen molar-refractivity contribution < 1.29 is 17.9 Å². The summed E-state index contributed by atoms with van der Waals surface area (Å²) in [5.74, 6) is 0.540.